The fourth-order valence-corrected chi connectivity index (χ4v) is 5.51. The lowest BCUT2D eigenvalue weighted by molar-refractivity contribution is -0.123. The summed E-state index contributed by atoms with van der Waals surface area (Å²) in [5.74, 6) is -0.251. The van der Waals surface area contributed by atoms with Gasteiger partial charge in [-0.1, -0.05) is 37.3 Å². The molecule has 1 aliphatic rings. The molecule has 3 rings (SSSR count). The second kappa shape index (κ2) is 8.57. The number of anilines is 1. The Kier molecular flexibility index (Phi) is 6.32. The van der Waals surface area contributed by atoms with Crippen LogP contribution in [0.2, 0.25) is 0 Å². The van der Waals surface area contributed by atoms with Crippen LogP contribution in [-0.2, 0) is 21.2 Å². The fourth-order valence-electron chi connectivity index (χ4n) is 4.31. The maximum Gasteiger partial charge on any atom is 0.244 e. The van der Waals surface area contributed by atoms with Gasteiger partial charge in [0, 0.05) is 0 Å². The second-order valence-corrected chi connectivity index (χ2v) is 9.84. The summed E-state index contributed by atoms with van der Waals surface area (Å²) >= 11 is 0. The van der Waals surface area contributed by atoms with E-state index in [1.54, 1.807) is 0 Å². The molecule has 29 heavy (non-hydrogen) atoms. The van der Waals surface area contributed by atoms with Crippen molar-refractivity contribution in [2.24, 2.45) is 0 Å². The van der Waals surface area contributed by atoms with E-state index < -0.39 is 16.1 Å². The molecule has 1 N–H and O–H groups in total. The van der Waals surface area contributed by atoms with Crippen molar-refractivity contribution in [3.63, 3.8) is 0 Å². The van der Waals surface area contributed by atoms with Crippen LogP contribution in [0.1, 0.15) is 54.5 Å². The number of aryl methyl sites for hydroxylation is 3. The summed E-state index contributed by atoms with van der Waals surface area (Å²) < 4.78 is 26.7. The third-order valence-electron chi connectivity index (χ3n) is 5.48. The van der Waals surface area contributed by atoms with Crippen molar-refractivity contribution in [2.75, 3.05) is 10.6 Å². The maximum atomic E-state index is 13.3. The average molecular weight is 415 g/mol. The van der Waals surface area contributed by atoms with Gasteiger partial charge in [0.05, 0.1) is 18.0 Å². The van der Waals surface area contributed by atoms with E-state index in [1.807, 2.05) is 51.1 Å². The van der Waals surface area contributed by atoms with Gasteiger partial charge in [0.2, 0.25) is 15.9 Å². The summed E-state index contributed by atoms with van der Waals surface area (Å²) in [6.45, 7) is 5.70. The molecule has 0 aromatic heterocycles. The molecule has 0 aliphatic heterocycles. The molecule has 0 saturated carbocycles. The van der Waals surface area contributed by atoms with E-state index in [0.717, 1.165) is 42.2 Å². The molecule has 2 aromatic carbocycles. The third kappa shape index (κ3) is 4.81. The third-order valence-corrected chi connectivity index (χ3v) is 6.66. The van der Waals surface area contributed by atoms with Gasteiger partial charge in [-0.25, -0.2) is 8.42 Å². The lowest BCUT2D eigenvalue weighted by atomic mass is 9.87. The number of rotatable bonds is 6. The van der Waals surface area contributed by atoms with Crippen molar-refractivity contribution in [3.05, 3.63) is 64.7 Å². The molecule has 0 heterocycles. The van der Waals surface area contributed by atoms with Crippen LogP contribution in [0.3, 0.4) is 0 Å². The number of carbonyl (C=O) groups excluding carboxylic acids is 1. The molecular formula is C23H30N2O3S. The fraction of sp³-hybridized carbons (Fsp3) is 0.435. The first-order chi connectivity index (χ1) is 13.7. The van der Waals surface area contributed by atoms with Crippen LogP contribution in [0, 0.1) is 13.8 Å². The Morgan fingerprint density at radius 3 is 2.45 bits per heavy atom. The molecule has 156 valence electrons. The number of hydrogen-bond acceptors (Lipinski definition) is 3. The Hall–Kier alpha value is -2.34. The Morgan fingerprint density at radius 1 is 1.17 bits per heavy atom. The molecule has 5 nitrogen and oxygen atoms in total. The molecule has 6 heteroatoms. The highest BCUT2D eigenvalue weighted by Crippen LogP contribution is 2.30. The minimum absolute atomic E-state index is 0.0813. The topological polar surface area (TPSA) is 66.5 Å². The summed E-state index contributed by atoms with van der Waals surface area (Å²) in [5, 5.41) is 3.13. The number of fused-ring (bicyclic) bond motifs is 1. The van der Waals surface area contributed by atoms with Crippen molar-refractivity contribution in [1.82, 2.24) is 5.32 Å². The standard InChI is InChI=1S/C23H30N2O3S/c1-5-22(25(29(4,27)28)19-14-16(2)13-17(3)15-19)23(26)24-21-12-8-10-18-9-6-7-11-20(18)21/h6-7,9,11,13-15,21-22H,5,8,10,12H2,1-4H3,(H,24,26)/t21-,22+/m0/s1. The van der Waals surface area contributed by atoms with Gasteiger partial charge in [0.1, 0.15) is 6.04 Å². The predicted molar refractivity (Wildman–Crippen MR) is 118 cm³/mol. The van der Waals surface area contributed by atoms with Crippen molar-refractivity contribution in [2.45, 2.75) is 58.5 Å². The Labute approximate surface area is 174 Å². The Morgan fingerprint density at radius 2 is 1.83 bits per heavy atom. The molecule has 0 unspecified atom stereocenters. The van der Waals surface area contributed by atoms with Gasteiger partial charge >= 0.3 is 0 Å². The quantitative estimate of drug-likeness (QED) is 0.776. The zero-order valence-corrected chi connectivity index (χ0v) is 18.4. The van der Waals surface area contributed by atoms with E-state index >= 15 is 0 Å². The lowest BCUT2D eigenvalue weighted by Gasteiger charge is -2.33. The minimum Gasteiger partial charge on any atom is -0.347 e. The number of benzene rings is 2. The number of amides is 1. The van der Waals surface area contributed by atoms with Crippen LogP contribution in [0.4, 0.5) is 5.69 Å². The van der Waals surface area contributed by atoms with E-state index in [0.29, 0.717) is 12.1 Å². The molecule has 2 aromatic rings. The number of carbonyl (C=O) groups is 1. The lowest BCUT2D eigenvalue weighted by Crippen LogP contribution is -2.50. The second-order valence-electron chi connectivity index (χ2n) is 7.98. The maximum absolute atomic E-state index is 13.3. The predicted octanol–water partition coefficient (Wildman–Crippen LogP) is 4.04. The first-order valence-electron chi connectivity index (χ1n) is 10.2. The van der Waals surface area contributed by atoms with E-state index in [9.17, 15) is 13.2 Å². The first-order valence-corrected chi connectivity index (χ1v) is 12.0. The van der Waals surface area contributed by atoms with E-state index in [2.05, 4.69) is 17.4 Å². The highest BCUT2D eigenvalue weighted by molar-refractivity contribution is 7.92. The van der Waals surface area contributed by atoms with Gasteiger partial charge in [0.15, 0.2) is 0 Å². The molecular weight excluding hydrogens is 384 g/mol. The van der Waals surface area contributed by atoms with Gasteiger partial charge in [-0.3, -0.25) is 9.10 Å². The van der Waals surface area contributed by atoms with Gasteiger partial charge in [-0.05, 0) is 73.9 Å². The van der Waals surface area contributed by atoms with Crippen molar-refractivity contribution < 1.29 is 13.2 Å². The average Bonchev–Trinajstić information content (AvgIpc) is 2.64. The molecule has 0 saturated heterocycles. The first kappa shape index (κ1) is 21.4. The molecule has 0 bridgehead atoms. The van der Waals surface area contributed by atoms with Gasteiger partial charge in [-0.2, -0.15) is 0 Å². The SMILES string of the molecule is CC[C@H](C(=O)N[C@H]1CCCc2ccccc21)N(c1cc(C)cc(C)c1)S(C)(=O)=O. The molecule has 0 spiro atoms. The monoisotopic (exact) mass is 414 g/mol. The number of sulfonamides is 1. The summed E-state index contributed by atoms with van der Waals surface area (Å²) in [6, 6.07) is 12.9. The summed E-state index contributed by atoms with van der Waals surface area (Å²) in [5.41, 5.74) is 4.86. The van der Waals surface area contributed by atoms with Crippen molar-refractivity contribution >= 4 is 21.6 Å². The van der Waals surface area contributed by atoms with Crippen LogP contribution in [0.25, 0.3) is 0 Å². The van der Waals surface area contributed by atoms with E-state index in [1.165, 1.54) is 9.87 Å². The van der Waals surface area contributed by atoms with Crippen LogP contribution in [-0.4, -0.2) is 26.6 Å². The number of nitrogens with one attached hydrogen (secondary N) is 1. The molecule has 0 fully saturated rings. The summed E-state index contributed by atoms with van der Waals surface area (Å²) in [6.07, 6.45) is 4.43. The van der Waals surface area contributed by atoms with Gasteiger partial charge < -0.3 is 5.32 Å². The van der Waals surface area contributed by atoms with Crippen molar-refractivity contribution in [1.29, 1.82) is 0 Å². The summed E-state index contributed by atoms with van der Waals surface area (Å²) in [7, 11) is -3.64. The van der Waals surface area contributed by atoms with E-state index in [-0.39, 0.29) is 11.9 Å². The Bertz CT molecular complexity index is 981. The smallest absolute Gasteiger partial charge is 0.244 e. The zero-order valence-electron chi connectivity index (χ0n) is 17.6. The van der Waals surface area contributed by atoms with Gasteiger partial charge in [-0.15, -0.1) is 0 Å². The highest BCUT2D eigenvalue weighted by Gasteiger charge is 2.33. The molecule has 1 aliphatic carbocycles. The van der Waals surface area contributed by atoms with Crippen LogP contribution >= 0.6 is 0 Å². The number of hydrogen-bond donors (Lipinski definition) is 1. The minimum atomic E-state index is -3.64. The normalized spacial score (nSPS) is 17.3. The number of nitrogens with zero attached hydrogens (tertiary/aromatic N) is 1. The van der Waals surface area contributed by atoms with Crippen LogP contribution in [0.15, 0.2) is 42.5 Å². The van der Waals surface area contributed by atoms with E-state index in [4.69, 9.17) is 0 Å². The molecule has 2 atom stereocenters. The molecule has 0 radical (unpaired) electrons. The van der Waals surface area contributed by atoms with Gasteiger partial charge in [0.25, 0.3) is 0 Å². The summed E-state index contributed by atoms with van der Waals surface area (Å²) in [4.78, 5) is 13.3. The zero-order chi connectivity index (χ0) is 21.2. The largest absolute Gasteiger partial charge is 0.347 e. The highest BCUT2D eigenvalue weighted by atomic mass is 32.2. The van der Waals surface area contributed by atoms with Crippen LogP contribution < -0.4 is 9.62 Å². The molecule has 1 amide bonds. The Balaban J connectivity index is 1.92. The van der Waals surface area contributed by atoms with Crippen LogP contribution in [0.5, 0.6) is 0 Å². The van der Waals surface area contributed by atoms with Crippen molar-refractivity contribution in [3.8, 4) is 0 Å².